The molecule has 0 saturated heterocycles. The first kappa shape index (κ1) is 19.2. The number of carboxylic acids is 2. The summed E-state index contributed by atoms with van der Waals surface area (Å²) in [5.74, 6) is -3.43. The van der Waals surface area contributed by atoms with Crippen LogP contribution in [-0.4, -0.2) is 69.4 Å². The van der Waals surface area contributed by atoms with Gasteiger partial charge in [0.05, 0.1) is 6.42 Å². The molecule has 1 unspecified atom stereocenters. The van der Waals surface area contributed by atoms with Crippen LogP contribution in [0.25, 0.3) is 0 Å². The van der Waals surface area contributed by atoms with Gasteiger partial charge in [0.1, 0.15) is 0 Å². The molecule has 7 nitrogen and oxygen atoms in total. The normalized spacial score (nSPS) is 14.5. The third kappa shape index (κ3) is 4.92. The number of hydrogen-bond donors (Lipinski definition) is 3. The van der Waals surface area contributed by atoms with Gasteiger partial charge in [-0.2, -0.15) is 8.42 Å². The van der Waals surface area contributed by atoms with E-state index in [0.29, 0.717) is 6.42 Å². The summed E-state index contributed by atoms with van der Waals surface area (Å²) in [6, 6.07) is 0. The van der Waals surface area contributed by atoms with E-state index < -0.39 is 39.6 Å². The average Bonchev–Trinajstić information content (AvgIpc) is 2.09. The zero-order chi connectivity index (χ0) is 13.0. The van der Waals surface area contributed by atoms with E-state index in [1.165, 1.54) is 0 Å². The van der Waals surface area contributed by atoms with Gasteiger partial charge in [-0.05, 0) is 6.42 Å². The van der Waals surface area contributed by atoms with Crippen molar-refractivity contribution in [1.82, 2.24) is 0 Å². The van der Waals surface area contributed by atoms with Crippen molar-refractivity contribution >= 4 is 51.6 Å². The average molecular weight is 278 g/mol. The van der Waals surface area contributed by atoms with Crippen molar-refractivity contribution < 1.29 is 32.8 Å². The Bertz CT molecular complexity index is 377. The van der Waals surface area contributed by atoms with Crippen LogP contribution in [0.4, 0.5) is 0 Å². The number of hydrogen-bond acceptors (Lipinski definition) is 4. The molecule has 0 amide bonds. The number of carboxylic acid groups (broad SMARTS) is 2. The molecule has 0 aromatic heterocycles. The molecule has 1 atom stereocenters. The molecule has 0 rings (SSSR count). The summed E-state index contributed by atoms with van der Waals surface area (Å²) >= 11 is 0. The standard InChI is InChI=1S/C8H14O7S.Na.H/c1-2-3-4-8(7(11)12,5-6(9)10)16(13,14)15;;/h2-5H2,1H3,(H,9,10)(H,11,12)(H,13,14,15);;. The first-order chi connectivity index (χ1) is 7.17. The predicted molar refractivity (Wildman–Crippen MR) is 60.8 cm³/mol. The SMILES string of the molecule is CCCCC(CC(=O)O)(C(=O)O)S(=O)(=O)O.[NaH]. The Labute approximate surface area is 121 Å². The topological polar surface area (TPSA) is 129 Å². The zero-order valence-corrected chi connectivity index (χ0v) is 9.53. The fourth-order valence-electron chi connectivity index (χ4n) is 1.31. The molecule has 9 heteroatoms. The van der Waals surface area contributed by atoms with E-state index in [0.717, 1.165) is 0 Å². The Hall–Kier alpha value is -0.150. The fourth-order valence-corrected chi connectivity index (χ4v) is 2.24. The number of rotatable bonds is 7. The molecule has 3 N–H and O–H groups in total. The van der Waals surface area contributed by atoms with E-state index in [-0.39, 0.29) is 36.0 Å². The molecule has 0 spiro atoms. The molecule has 0 heterocycles. The molecule has 0 aliphatic rings. The molecule has 0 saturated carbocycles. The second kappa shape index (κ2) is 7.32. The fraction of sp³-hybridized carbons (Fsp3) is 0.750. The zero-order valence-electron chi connectivity index (χ0n) is 8.71. The third-order valence-corrected chi connectivity index (χ3v) is 3.77. The Morgan fingerprint density at radius 2 is 1.71 bits per heavy atom. The van der Waals surface area contributed by atoms with Gasteiger partial charge in [0, 0.05) is 0 Å². The van der Waals surface area contributed by atoms with Crippen LogP contribution >= 0.6 is 0 Å². The van der Waals surface area contributed by atoms with Crippen molar-refractivity contribution in [3.63, 3.8) is 0 Å². The second-order valence-electron chi connectivity index (χ2n) is 3.45. The van der Waals surface area contributed by atoms with Gasteiger partial charge in [-0.15, -0.1) is 0 Å². The van der Waals surface area contributed by atoms with Crippen molar-refractivity contribution in [2.24, 2.45) is 0 Å². The summed E-state index contributed by atoms with van der Waals surface area (Å²) < 4.78 is 28.4. The minimum absolute atomic E-state index is 0. The monoisotopic (exact) mass is 278 g/mol. The van der Waals surface area contributed by atoms with Gasteiger partial charge in [0.25, 0.3) is 10.1 Å². The van der Waals surface area contributed by atoms with E-state index in [1.54, 1.807) is 6.92 Å². The minimum atomic E-state index is -4.97. The molecule has 0 aliphatic carbocycles. The molecule has 0 radical (unpaired) electrons. The maximum atomic E-state index is 11.0. The molecular formula is C8H15NaO7S. The van der Waals surface area contributed by atoms with Gasteiger partial charge < -0.3 is 10.2 Å². The van der Waals surface area contributed by atoms with Gasteiger partial charge in [-0.3, -0.25) is 14.1 Å². The van der Waals surface area contributed by atoms with Crippen LogP contribution < -0.4 is 0 Å². The Morgan fingerprint density at radius 3 is 1.94 bits per heavy atom. The van der Waals surface area contributed by atoms with Crippen molar-refractivity contribution in [3.05, 3.63) is 0 Å². The number of unbranched alkanes of at least 4 members (excludes halogenated alkanes) is 1. The van der Waals surface area contributed by atoms with E-state index in [2.05, 4.69) is 0 Å². The summed E-state index contributed by atoms with van der Waals surface area (Å²) in [5, 5.41) is 17.4. The molecule has 17 heavy (non-hydrogen) atoms. The van der Waals surface area contributed by atoms with Crippen LogP contribution in [0, 0.1) is 0 Å². The molecule has 0 aliphatic heterocycles. The quantitative estimate of drug-likeness (QED) is 0.431. The van der Waals surface area contributed by atoms with Crippen LogP contribution in [0.15, 0.2) is 0 Å². The maximum absolute atomic E-state index is 11.0. The van der Waals surface area contributed by atoms with E-state index in [9.17, 15) is 18.0 Å². The Morgan fingerprint density at radius 1 is 1.24 bits per heavy atom. The Kier molecular flexibility index (Phi) is 8.27. The van der Waals surface area contributed by atoms with Crippen LogP contribution in [0.1, 0.15) is 32.6 Å². The predicted octanol–water partition coefficient (Wildman–Crippen LogP) is -0.286. The van der Waals surface area contributed by atoms with Crippen molar-refractivity contribution in [3.8, 4) is 0 Å². The molecule has 0 aromatic carbocycles. The van der Waals surface area contributed by atoms with Gasteiger partial charge in [-0.25, -0.2) is 0 Å². The molecule has 0 bridgehead atoms. The van der Waals surface area contributed by atoms with Crippen molar-refractivity contribution in [2.75, 3.05) is 0 Å². The van der Waals surface area contributed by atoms with E-state index >= 15 is 0 Å². The first-order valence-corrected chi connectivity index (χ1v) is 6.03. The van der Waals surface area contributed by atoms with Crippen LogP contribution in [0.2, 0.25) is 0 Å². The molecule has 0 aromatic rings. The summed E-state index contributed by atoms with van der Waals surface area (Å²) in [4.78, 5) is 21.4. The van der Waals surface area contributed by atoms with Crippen LogP contribution in [0.3, 0.4) is 0 Å². The first-order valence-electron chi connectivity index (χ1n) is 4.59. The third-order valence-electron chi connectivity index (χ3n) is 2.25. The van der Waals surface area contributed by atoms with Crippen molar-refractivity contribution in [2.45, 2.75) is 37.4 Å². The van der Waals surface area contributed by atoms with E-state index in [4.69, 9.17) is 14.8 Å². The van der Waals surface area contributed by atoms with Gasteiger partial charge in [-0.1, -0.05) is 19.8 Å². The van der Waals surface area contributed by atoms with E-state index in [1.807, 2.05) is 0 Å². The van der Waals surface area contributed by atoms with Gasteiger partial charge >= 0.3 is 41.5 Å². The Balaban J connectivity index is 0. The molecule has 0 fully saturated rings. The summed E-state index contributed by atoms with van der Waals surface area (Å²) in [6.07, 6.45) is -0.894. The second-order valence-corrected chi connectivity index (χ2v) is 5.18. The summed E-state index contributed by atoms with van der Waals surface area (Å²) in [7, 11) is -4.97. The molecular weight excluding hydrogens is 263 g/mol. The van der Waals surface area contributed by atoms with Gasteiger partial charge in [0.15, 0.2) is 0 Å². The molecule has 96 valence electrons. The number of aliphatic carboxylic acids is 2. The van der Waals surface area contributed by atoms with Crippen LogP contribution in [0.5, 0.6) is 0 Å². The summed E-state index contributed by atoms with van der Waals surface area (Å²) in [5.41, 5.74) is 0. The van der Waals surface area contributed by atoms with Crippen molar-refractivity contribution in [1.29, 1.82) is 0 Å². The van der Waals surface area contributed by atoms with Gasteiger partial charge in [0.2, 0.25) is 4.75 Å². The van der Waals surface area contributed by atoms with Crippen LogP contribution in [-0.2, 0) is 19.7 Å². The number of carbonyl (C=O) groups is 2. The summed E-state index contributed by atoms with van der Waals surface area (Å²) in [6.45, 7) is 1.69.